The lowest BCUT2D eigenvalue weighted by atomic mass is 9.81. The Morgan fingerprint density at radius 1 is 1.33 bits per heavy atom. The Kier molecular flexibility index (Phi) is 5.80. The summed E-state index contributed by atoms with van der Waals surface area (Å²) < 4.78 is 2.38. The molecule has 0 saturated carbocycles. The zero-order valence-electron chi connectivity index (χ0n) is 14.9. The number of fused-ring (bicyclic) bond motifs is 1. The molecule has 0 aliphatic carbocycles. The van der Waals surface area contributed by atoms with Crippen LogP contribution in [0.4, 0.5) is 5.69 Å². The topological polar surface area (TPSA) is 78.5 Å². The number of hydrogen-bond acceptors (Lipinski definition) is 4. The molecular formula is C19H29N4O+. The highest BCUT2D eigenvalue weighted by Crippen LogP contribution is 2.39. The van der Waals surface area contributed by atoms with Crippen molar-refractivity contribution >= 4 is 11.4 Å². The number of allylic oxidation sites excluding steroid dienone is 2. The van der Waals surface area contributed by atoms with Gasteiger partial charge in [-0.25, -0.2) is 5.84 Å². The predicted octanol–water partition coefficient (Wildman–Crippen LogP) is 2.00. The molecule has 24 heavy (non-hydrogen) atoms. The molecule has 0 fully saturated rings. The number of para-hydroxylation sites is 1. The maximum Gasteiger partial charge on any atom is 0.209 e. The summed E-state index contributed by atoms with van der Waals surface area (Å²) in [4.78, 5) is 0. The standard InChI is InChI=1S/C19H29N4O/c1-4-8-18-19(2,3)16-9-5-6-10-17(16)23(18)12-7-11-22(21)13-15(20)14-24/h4-6,8-10,13,24H,7,11-12,14,20-21H2,1-3H3/q+1/b8-4+,15-13-. The Morgan fingerprint density at radius 2 is 2.04 bits per heavy atom. The van der Waals surface area contributed by atoms with Crippen molar-refractivity contribution in [2.45, 2.75) is 32.6 Å². The van der Waals surface area contributed by atoms with Crippen molar-refractivity contribution in [3.8, 4) is 0 Å². The molecule has 0 unspecified atom stereocenters. The van der Waals surface area contributed by atoms with E-state index >= 15 is 0 Å². The number of aliphatic hydroxyl groups excluding tert-OH is 1. The van der Waals surface area contributed by atoms with Gasteiger partial charge in [0.1, 0.15) is 0 Å². The summed E-state index contributed by atoms with van der Waals surface area (Å²) in [6, 6.07) is 8.57. The molecule has 130 valence electrons. The van der Waals surface area contributed by atoms with E-state index in [1.807, 2.05) is 6.92 Å². The van der Waals surface area contributed by atoms with Gasteiger partial charge in [0, 0.05) is 36.9 Å². The van der Waals surface area contributed by atoms with Gasteiger partial charge in [-0.15, -0.1) is 0 Å². The normalized spacial score (nSPS) is 16.8. The van der Waals surface area contributed by atoms with Crippen molar-refractivity contribution in [3.05, 3.63) is 53.9 Å². The van der Waals surface area contributed by atoms with Crippen LogP contribution in [0.15, 0.2) is 48.3 Å². The second-order valence-corrected chi connectivity index (χ2v) is 6.63. The van der Waals surface area contributed by atoms with Gasteiger partial charge in [0.15, 0.2) is 12.3 Å². The van der Waals surface area contributed by atoms with Gasteiger partial charge in [-0.05, 0) is 20.8 Å². The summed E-state index contributed by atoms with van der Waals surface area (Å²) >= 11 is 0. The van der Waals surface area contributed by atoms with E-state index in [0.29, 0.717) is 12.2 Å². The van der Waals surface area contributed by atoms with E-state index < -0.39 is 0 Å². The minimum Gasteiger partial charge on any atom is -0.399 e. The molecule has 0 saturated heterocycles. The van der Waals surface area contributed by atoms with Crippen molar-refractivity contribution in [2.75, 3.05) is 19.7 Å². The van der Waals surface area contributed by atoms with Gasteiger partial charge in [-0.2, -0.15) is 4.58 Å². The molecule has 0 spiro atoms. The molecule has 1 aromatic carbocycles. The van der Waals surface area contributed by atoms with Crippen LogP contribution in [0.3, 0.4) is 0 Å². The molecule has 1 aliphatic rings. The average molecular weight is 329 g/mol. The number of nitrogens with two attached hydrogens (primary N) is 2. The highest BCUT2D eigenvalue weighted by Gasteiger charge is 2.43. The molecule has 0 radical (unpaired) electrons. The second kappa shape index (κ2) is 7.64. The molecule has 5 heteroatoms. The third-order valence-corrected chi connectivity index (χ3v) is 4.44. The SMILES string of the molecule is C/C=C/C1=[N+](CCCN(N)/C=C(\N)CO)c2ccccc2C1(C)C. The van der Waals surface area contributed by atoms with Gasteiger partial charge < -0.3 is 15.8 Å². The quantitative estimate of drug-likeness (QED) is 0.406. The van der Waals surface area contributed by atoms with Gasteiger partial charge >= 0.3 is 0 Å². The van der Waals surface area contributed by atoms with E-state index in [4.69, 9.17) is 16.7 Å². The lowest BCUT2D eigenvalue weighted by Crippen LogP contribution is -2.31. The minimum absolute atomic E-state index is 0.00722. The first-order valence-electron chi connectivity index (χ1n) is 8.37. The summed E-state index contributed by atoms with van der Waals surface area (Å²) in [6.07, 6.45) is 6.76. The van der Waals surface area contributed by atoms with Crippen molar-refractivity contribution < 1.29 is 9.68 Å². The fourth-order valence-electron chi connectivity index (χ4n) is 3.27. The number of benzene rings is 1. The summed E-state index contributed by atoms with van der Waals surface area (Å²) in [6.45, 7) is 7.95. The molecular weight excluding hydrogens is 300 g/mol. The molecule has 0 aromatic heterocycles. The van der Waals surface area contributed by atoms with E-state index in [1.165, 1.54) is 22.0 Å². The largest absolute Gasteiger partial charge is 0.399 e. The van der Waals surface area contributed by atoms with Gasteiger partial charge in [0.2, 0.25) is 5.69 Å². The monoisotopic (exact) mass is 329 g/mol. The molecule has 1 heterocycles. The van der Waals surface area contributed by atoms with Crippen LogP contribution in [0.25, 0.3) is 0 Å². The first-order valence-corrected chi connectivity index (χ1v) is 8.37. The van der Waals surface area contributed by atoms with E-state index in [0.717, 1.165) is 13.0 Å². The van der Waals surface area contributed by atoms with Gasteiger partial charge in [-0.3, -0.25) is 0 Å². The number of nitrogens with zero attached hydrogens (tertiary/aromatic N) is 2. The third kappa shape index (κ3) is 3.68. The van der Waals surface area contributed by atoms with E-state index in [2.05, 4.69) is 54.8 Å². The maximum atomic E-state index is 8.95. The fraction of sp³-hybridized carbons (Fsp3) is 0.421. The fourth-order valence-corrected chi connectivity index (χ4v) is 3.27. The Bertz CT molecular complexity index is 674. The van der Waals surface area contributed by atoms with E-state index in [-0.39, 0.29) is 12.0 Å². The molecule has 0 bridgehead atoms. The smallest absolute Gasteiger partial charge is 0.209 e. The van der Waals surface area contributed by atoms with Gasteiger partial charge in [0.05, 0.1) is 17.7 Å². The van der Waals surface area contributed by atoms with Crippen molar-refractivity contribution in [1.29, 1.82) is 0 Å². The zero-order chi connectivity index (χ0) is 17.7. The van der Waals surface area contributed by atoms with Crippen LogP contribution in [-0.4, -0.2) is 40.1 Å². The molecule has 0 atom stereocenters. The number of hydrogen-bond donors (Lipinski definition) is 3. The zero-order valence-corrected chi connectivity index (χ0v) is 14.9. The highest BCUT2D eigenvalue weighted by molar-refractivity contribution is 6.02. The van der Waals surface area contributed by atoms with Crippen LogP contribution in [0, 0.1) is 0 Å². The third-order valence-electron chi connectivity index (χ3n) is 4.44. The summed E-state index contributed by atoms with van der Waals surface area (Å²) in [5.74, 6) is 5.90. The van der Waals surface area contributed by atoms with Gasteiger partial charge in [-0.1, -0.05) is 24.3 Å². The first kappa shape index (κ1) is 18.2. The van der Waals surface area contributed by atoms with Crippen molar-refractivity contribution in [3.63, 3.8) is 0 Å². The Hall–Kier alpha value is -2.11. The molecule has 5 N–H and O–H groups in total. The summed E-state index contributed by atoms with van der Waals surface area (Å²) in [5.41, 5.74) is 9.88. The highest BCUT2D eigenvalue weighted by atomic mass is 16.3. The Labute approximate surface area is 144 Å². The van der Waals surface area contributed by atoms with Crippen LogP contribution < -0.4 is 11.6 Å². The van der Waals surface area contributed by atoms with Crippen LogP contribution in [0.2, 0.25) is 0 Å². The van der Waals surface area contributed by atoms with Gasteiger partial charge in [0.25, 0.3) is 0 Å². The second-order valence-electron chi connectivity index (χ2n) is 6.63. The Balaban J connectivity index is 2.19. The van der Waals surface area contributed by atoms with Crippen LogP contribution in [0.5, 0.6) is 0 Å². The molecule has 1 aromatic rings. The lowest BCUT2D eigenvalue weighted by Gasteiger charge is -2.15. The predicted molar refractivity (Wildman–Crippen MR) is 98.9 cm³/mol. The van der Waals surface area contributed by atoms with E-state index in [9.17, 15) is 0 Å². The lowest BCUT2D eigenvalue weighted by molar-refractivity contribution is -0.438. The molecule has 1 aliphatic heterocycles. The van der Waals surface area contributed by atoms with Crippen LogP contribution in [-0.2, 0) is 5.41 Å². The number of hydrazine groups is 1. The van der Waals surface area contributed by atoms with Crippen LogP contribution >= 0.6 is 0 Å². The Morgan fingerprint density at radius 3 is 2.71 bits per heavy atom. The summed E-state index contributed by atoms with van der Waals surface area (Å²) in [5, 5.41) is 10.5. The van der Waals surface area contributed by atoms with Crippen LogP contribution in [0.1, 0.15) is 32.8 Å². The number of aliphatic hydroxyl groups is 1. The average Bonchev–Trinajstić information content (AvgIpc) is 2.77. The van der Waals surface area contributed by atoms with Crippen molar-refractivity contribution in [2.24, 2.45) is 11.6 Å². The first-order chi connectivity index (χ1) is 11.4. The maximum absolute atomic E-state index is 8.95. The summed E-state index contributed by atoms with van der Waals surface area (Å²) in [7, 11) is 0. The molecule has 5 nitrogen and oxygen atoms in total. The number of rotatable bonds is 7. The minimum atomic E-state index is -0.180. The molecule has 2 rings (SSSR count). The van der Waals surface area contributed by atoms with E-state index in [1.54, 1.807) is 6.20 Å². The molecule has 0 amide bonds. The van der Waals surface area contributed by atoms with Crippen molar-refractivity contribution in [1.82, 2.24) is 5.01 Å².